The first-order chi connectivity index (χ1) is 6.05. The van der Waals surface area contributed by atoms with Crippen LogP contribution in [0.25, 0.3) is 0 Å². The van der Waals surface area contributed by atoms with Crippen LogP contribution in [0.2, 0.25) is 0 Å². The van der Waals surface area contributed by atoms with E-state index >= 15 is 0 Å². The fraction of sp³-hybridized carbons (Fsp3) is 0.909. The summed E-state index contributed by atoms with van der Waals surface area (Å²) in [6, 6.07) is 0. The second-order valence-electron chi connectivity index (χ2n) is 4.93. The molecule has 0 aromatic heterocycles. The Balaban J connectivity index is 2.46. The molecule has 0 spiro atoms. The Labute approximate surface area is 80.7 Å². The number of hydrogen-bond acceptors (Lipinski definition) is 2. The summed E-state index contributed by atoms with van der Waals surface area (Å²) < 4.78 is 4.87. The normalized spacial score (nSPS) is 29.3. The quantitative estimate of drug-likeness (QED) is 0.672. The predicted octanol–water partition coefficient (Wildman–Crippen LogP) is 2.68. The minimum absolute atomic E-state index is 0.0390. The number of hydrogen-bond donors (Lipinski definition) is 0. The van der Waals surface area contributed by atoms with Gasteiger partial charge in [-0.3, -0.25) is 0 Å². The molecule has 1 saturated carbocycles. The molecule has 0 N–H and O–H groups in total. The van der Waals surface area contributed by atoms with Gasteiger partial charge in [0.1, 0.15) is 6.10 Å². The molecule has 2 unspecified atom stereocenters. The highest BCUT2D eigenvalue weighted by atomic mass is 16.5. The van der Waals surface area contributed by atoms with Gasteiger partial charge in [-0.25, -0.2) is 4.79 Å². The molecule has 2 nitrogen and oxygen atoms in total. The van der Waals surface area contributed by atoms with E-state index < -0.39 is 0 Å². The molecule has 2 heteroatoms. The minimum atomic E-state index is 0.0390. The molecule has 75 valence electrons. The number of ether oxygens (including phenoxy) is 1. The second-order valence-corrected chi connectivity index (χ2v) is 4.93. The molecular formula is C11H19O2. The van der Waals surface area contributed by atoms with Gasteiger partial charge in [-0.2, -0.15) is 0 Å². The van der Waals surface area contributed by atoms with Gasteiger partial charge in [0.15, 0.2) is 0 Å². The van der Waals surface area contributed by atoms with Crippen LogP contribution in [0, 0.1) is 11.3 Å². The Kier molecular flexibility index (Phi) is 3.34. The summed E-state index contributed by atoms with van der Waals surface area (Å²) >= 11 is 0. The molecule has 0 saturated heterocycles. The SMILES string of the molecule is CC(O[C]=O)C1CCCC(C)(C)C1. The van der Waals surface area contributed by atoms with Crippen LogP contribution in [0.1, 0.15) is 46.5 Å². The highest BCUT2D eigenvalue weighted by Crippen LogP contribution is 2.40. The Morgan fingerprint density at radius 2 is 2.23 bits per heavy atom. The standard InChI is InChI=1S/C11H19O2/c1-9(13-8-12)10-5-4-6-11(2,3)7-10/h9-10H,4-7H2,1-3H3. The van der Waals surface area contributed by atoms with E-state index in [2.05, 4.69) is 13.8 Å². The third-order valence-corrected chi connectivity index (χ3v) is 3.14. The lowest BCUT2D eigenvalue weighted by molar-refractivity contribution is 0.0645. The fourth-order valence-electron chi connectivity index (χ4n) is 2.33. The van der Waals surface area contributed by atoms with Gasteiger partial charge in [-0.1, -0.05) is 20.3 Å². The molecule has 0 heterocycles. The molecule has 1 fully saturated rings. The highest BCUT2D eigenvalue weighted by Gasteiger charge is 2.31. The Hall–Kier alpha value is -0.530. The average Bonchev–Trinajstić information content (AvgIpc) is 2.03. The van der Waals surface area contributed by atoms with Gasteiger partial charge in [0, 0.05) is 0 Å². The van der Waals surface area contributed by atoms with E-state index in [1.165, 1.54) is 19.3 Å². The maximum Gasteiger partial charge on any atom is 0.417 e. The third-order valence-electron chi connectivity index (χ3n) is 3.14. The van der Waals surface area contributed by atoms with Gasteiger partial charge in [0.25, 0.3) is 0 Å². The van der Waals surface area contributed by atoms with E-state index in [-0.39, 0.29) is 6.10 Å². The number of rotatable bonds is 3. The molecule has 0 aromatic carbocycles. The van der Waals surface area contributed by atoms with Crippen molar-refractivity contribution in [2.75, 3.05) is 0 Å². The van der Waals surface area contributed by atoms with Gasteiger partial charge in [-0.15, -0.1) is 0 Å². The smallest absolute Gasteiger partial charge is 0.417 e. The largest absolute Gasteiger partial charge is 0.454 e. The first-order valence-electron chi connectivity index (χ1n) is 5.08. The zero-order chi connectivity index (χ0) is 9.90. The molecule has 0 aromatic rings. The monoisotopic (exact) mass is 183 g/mol. The number of carbonyl (C=O) groups excluding carboxylic acids is 1. The topological polar surface area (TPSA) is 26.3 Å². The van der Waals surface area contributed by atoms with Crippen LogP contribution in [0.15, 0.2) is 0 Å². The first-order valence-corrected chi connectivity index (χ1v) is 5.08. The van der Waals surface area contributed by atoms with Gasteiger partial charge < -0.3 is 4.74 Å². The van der Waals surface area contributed by atoms with Crippen LogP contribution in [0.4, 0.5) is 0 Å². The molecule has 13 heavy (non-hydrogen) atoms. The summed E-state index contributed by atoms with van der Waals surface area (Å²) in [5.74, 6) is 0.533. The van der Waals surface area contributed by atoms with E-state index in [9.17, 15) is 4.79 Å². The maximum atomic E-state index is 10.1. The minimum Gasteiger partial charge on any atom is -0.454 e. The van der Waals surface area contributed by atoms with E-state index in [0.29, 0.717) is 11.3 Å². The van der Waals surface area contributed by atoms with Gasteiger partial charge in [0.05, 0.1) is 0 Å². The summed E-state index contributed by atoms with van der Waals surface area (Å²) in [7, 11) is 0. The van der Waals surface area contributed by atoms with Crippen molar-refractivity contribution in [1.29, 1.82) is 0 Å². The van der Waals surface area contributed by atoms with Crippen LogP contribution >= 0.6 is 0 Å². The van der Waals surface area contributed by atoms with Gasteiger partial charge >= 0.3 is 6.47 Å². The van der Waals surface area contributed by atoms with Gasteiger partial charge in [0.2, 0.25) is 0 Å². The summed E-state index contributed by atoms with van der Waals surface area (Å²) in [5.41, 5.74) is 0.420. The Morgan fingerprint density at radius 1 is 1.54 bits per heavy atom. The summed E-state index contributed by atoms with van der Waals surface area (Å²) in [6.07, 6.45) is 4.94. The molecular weight excluding hydrogens is 164 g/mol. The molecule has 0 bridgehead atoms. The van der Waals surface area contributed by atoms with Crippen molar-refractivity contribution in [2.24, 2.45) is 11.3 Å². The van der Waals surface area contributed by atoms with Gasteiger partial charge in [-0.05, 0) is 37.5 Å². The highest BCUT2D eigenvalue weighted by molar-refractivity contribution is 5.38. The van der Waals surface area contributed by atoms with E-state index in [0.717, 1.165) is 6.42 Å². The predicted molar refractivity (Wildman–Crippen MR) is 52.0 cm³/mol. The third kappa shape index (κ3) is 3.02. The zero-order valence-corrected chi connectivity index (χ0v) is 8.80. The molecule has 1 radical (unpaired) electrons. The van der Waals surface area contributed by atoms with Crippen molar-refractivity contribution < 1.29 is 9.53 Å². The van der Waals surface area contributed by atoms with E-state index in [1.807, 2.05) is 6.92 Å². The molecule has 1 aliphatic rings. The van der Waals surface area contributed by atoms with Crippen molar-refractivity contribution in [3.05, 3.63) is 0 Å². The van der Waals surface area contributed by atoms with E-state index in [4.69, 9.17) is 4.74 Å². The van der Waals surface area contributed by atoms with Crippen molar-refractivity contribution >= 4 is 6.47 Å². The molecule has 2 atom stereocenters. The lowest BCUT2D eigenvalue weighted by atomic mass is 9.71. The summed E-state index contributed by atoms with van der Waals surface area (Å²) in [4.78, 5) is 10.1. The second kappa shape index (κ2) is 4.12. The summed E-state index contributed by atoms with van der Waals surface area (Å²) in [6.45, 7) is 8.09. The molecule has 0 aliphatic heterocycles. The van der Waals surface area contributed by atoms with Crippen molar-refractivity contribution in [3.63, 3.8) is 0 Å². The van der Waals surface area contributed by atoms with E-state index in [1.54, 1.807) is 6.47 Å². The lowest BCUT2D eigenvalue weighted by Crippen LogP contribution is -2.30. The lowest BCUT2D eigenvalue weighted by Gasteiger charge is -2.37. The van der Waals surface area contributed by atoms with Crippen LogP contribution < -0.4 is 0 Å². The fourth-order valence-corrected chi connectivity index (χ4v) is 2.33. The van der Waals surface area contributed by atoms with Crippen LogP contribution in [-0.2, 0) is 9.53 Å². The average molecular weight is 183 g/mol. The summed E-state index contributed by atoms with van der Waals surface area (Å²) in [5, 5.41) is 0. The molecule has 1 rings (SSSR count). The van der Waals surface area contributed by atoms with Crippen molar-refractivity contribution in [3.8, 4) is 0 Å². The molecule has 0 amide bonds. The Morgan fingerprint density at radius 3 is 2.77 bits per heavy atom. The maximum absolute atomic E-state index is 10.1. The van der Waals surface area contributed by atoms with Crippen LogP contribution in [0.5, 0.6) is 0 Å². The Bertz CT molecular complexity index is 175. The van der Waals surface area contributed by atoms with Crippen LogP contribution in [0.3, 0.4) is 0 Å². The van der Waals surface area contributed by atoms with Crippen molar-refractivity contribution in [2.45, 2.75) is 52.6 Å². The first kappa shape index (κ1) is 10.6. The molecule has 1 aliphatic carbocycles. The van der Waals surface area contributed by atoms with Crippen molar-refractivity contribution in [1.82, 2.24) is 0 Å². The zero-order valence-electron chi connectivity index (χ0n) is 8.80. The van der Waals surface area contributed by atoms with Crippen LogP contribution in [-0.4, -0.2) is 12.6 Å².